The molecule has 0 spiro atoms. The number of anilines is 3. The van der Waals surface area contributed by atoms with Crippen molar-refractivity contribution in [1.82, 2.24) is 0 Å². The van der Waals surface area contributed by atoms with Crippen molar-refractivity contribution < 1.29 is 19.1 Å². The van der Waals surface area contributed by atoms with Gasteiger partial charge in [0.1, 0.15) is 6.04 Å². The van der Waals surface area contributed by atoms with Crippen molar-refractivity contribution in [2.24, 2.45) is 0 Å². The topological polar surface area (TPSA) is 87.7 Å². The summed E-state index contributed by atoms with van der Waals surface area (Å²) in [7, 11) is 0. The zero-order valence-corrected chi connectivity index (χ0v) is 17.6. The van der Waals surface area contributed by atoms with Gasteiger partial charge in [-0.1, -0.05) is 25.5 Å². The molecule has 0 aliphatic carbocycles. The fourth-order valence-corrected chi connectivity index (χ4v) is 4.10. The second-order valence-electron chi connectivity index (χ2n) is 8.00. The second-order valence-corrected chi connectivity index (χ2v) is 8.00. The van der Waals surface area contributed by atoms with Crippen LogP contribution >= 0.6 is 0 Å². The van der Waals surface area contributed by atoms with Gasteiger partial charge in [-0.2, -0.15) is 0 Å². The number of fused-ring (bicyclic) bond motifs is 3. The molecule has 31 heavy (non-hydrogen) atoms. The third-order valence-electron chi connectivity index (χ3n) is 5.75. The van der Waals surface area contributed by atoms with Crippen molar-refractivity contribution in [2.45, 2.75) is 45.1 Å². The Labute approximate surface area is 181 Å². The van der Waals surface area contributed by atoms with E-state index in [-0.39, 0.29) is 18.6 Å². The summed E-state index contributed by atoms with van der Waals surface area (Å²) in [5.41, 5.74) is 3.71. The highest BCUT2D eigenvalue weighted by Crippen LogP contribution is 2.37. The maximum absolute atomic E-state index is 12.4. The molecule has 2 aliphatic rings. The van der Waals surface area contributed by atoms with Crippen LogP contribution in [0.25, 0.3) is 0 Å². The van der Waals surface area contributed by atoms with Crippen molar-refractivity contribution in [3.8, 4) is 0 Å². The first-order valence-corrected chi connectivity index (χ1v) is 10.8. The van der Waals surface area contributed by atoms with Crippen LogP contribution in [0.4, 0.5) is 17.1 Å². The molecule has 0 radical (unpaired) electrons. The van der Waals surface area contributed by atoms with E-state index in [9.17, 15) is 14.4 Å². The van der Waals surface area contributed by atoms with Gasteiger partial charge in [-0.25, -0.2) is 4.79 Å². The molecule has 7 nitrogen and oxygen atoms in total. The zero-order valence-electron chi connectivity index (χ0n) is 17.6. The van der Waals surface area contributed by atoms with Gasteiger partial charge in [0.15, 0.2) is 6.61 Å². The van der Waals surface area contributed by atoms with Gasteiger partial charge in [-0.05, 0) is 61.6 Å². The summed E-state index contributed by atoms with van der Waals surface area (Å²) in [4.78, 5) is 38.9. The lowest BCUT2D eigenvalue weighted by molar-refractivity contribution is -0.119. The molecule has 162 valence electrons. The molecule has 0 unspecified atom stereocenters. The SMILES string of the molecule is CCCCc1ccc(NC(=O)COC(=O)c2ccc3c(c2)NC(=O)[C@@H]2CCCN32)cc1. The monoisotopic (exact) mass is 421 g/mol. The van der Waals surface area contributed by atoms with Crippen molar-refractivity contribution in [1.29, 1.82) is 0 Å². The van der Waals surface area contributed by atoms with E-state index < -0.39 is 11.9 Å². The first-order chi connectivity index (χ1) is 15.0. The number of amides is 2. The van der Waals surface area contributed by atoms with E-state index in [1.54, 1.807) is 12.1 Å². The van der Waals surface area contributed by atoms with Gasteiger partial charge < -0.3 is 20.3 Å². The first-order valence-electron chi connectivity index (χ1n) is 10.8. The number of nitrogens with zero attached hydrogens (tertiary/aromatic N) is 1. The zero-order chi connectivity index (χ0) is 21.8. The van der Waals surface area contributed by atoms with E-state index in [0.717, 1.165) is 44.3 Å². The standard InChI is InChI=1S/C24H27N3O4/c1-2-3-5-16-7-10-18(11-8-16)25-22(28)15-31-24(30)17-9-12-20-19(14-17)26-23(29)21-6-4-13-27(20)21/h7-12,14,21H,2-6,13,15H2,1H3,(H,25,28)(H,26,29)/t21-/m0/s1. The van der Waals surface area contributed by atoms with Crippen LogP contribution < -0.4 is 15.5 Å². The predicted octanol–water partition coefficient (Wildman–Crippen LogP) is 3.75. The molecule has 1 fully saturated rings. The Morgan fingerprint density at radius 1 is 1.19 bits per heavy atom. The number of ether oxygens (including phenoxy) is 1. The van der Waals surface area contributed by atoms with Crippen LogP contribution in [0.5, 0.6) is 0 Å². The lowest BCUT2D eigenvalue weighted by Crippen LogP contribution is -2.43. The largest absolute Gasteiger partial charge is 0.452 e. The van der Waals surface area contributed by atoms with Crippen LogP contribution in [0, 0.1) is 0 Å². The summed E-state index contributed by atoms with van der Waals surface area (Å²) in [6.45, 7) is 2.60. The summed E-state index contributed by atoms with van der Waals surface area (Å²) in [5.74, 6) is -1.05. The summed E-state index contributed by atoms with van der Waals surface area (Å²) < 4.78 is 5.17. The van der Waals surface area contributed by atoms with Gasteiger partial charge in [0.05, 0.1) is 16.9 Å². The molecule has 2 heterocycles. The Hall–Kier alpha value is -3.35. The minimum Gasteiger partial charge on any atom is -0.452 e. The number of esters is 1. The highest BCUT2D eigenvalue weighted by molar-refractivity contribution is 6.05. The van der Waals surface area contributed by atoms with E-state index in [0.29, 0.717) is 16.9 Å². The smallest absolute Gasteiger partial charge is 0.338 e. The van der Waals surface area contributed by atoms with Gasteiger partial charge in [0.2, 0.25) is 5.91 Å². The number of hydrogen-bond acceptors (Lipinski definition) is 5. The van der Waals surface area contributed by atoms with E-state index in [1.807, 2.05) is 30.3 Å². The Morgan fingerprint density at radius 3 is 2.77 bits per heavy atom. The predicted molar refractivity (Wildman–Crippen MR) is 119 cm³/mol. The number of carbonyl (C=O) groups excluding carboxylic acids is 3. The third kappa shape index (κ3) is 4.71. The molecule has 1 saturated heterocycles. The summed E-state index contributed by atoms with van der Waals surface area (Å²) in [6, 6.07) is 12.6. The van der Waals surface area contributed by atoms with Crippen molar-refractivity contribution in [3.05, 3.63) is 53.6 Å². The lowest BCUT2D eigenvalue weighted by atomic mass is 10.1. The Kier molecular flexibility index (Phi) is 6.21. The van der Waals surface area contributed by atoms with E-state index >= 15 is 0 Å². The van der Waals surface area contributed by atoms with Crippen LogP contribution in [0.3, 0.4) is 0 Å². The van der Waals surface area contributed by atoms with Crippen LogP contribution in [-0.4, -0.2) is 37.0 Å². The highest BCUT2D eigenvalue weighted by Gasteiger charge is 2.36. The van der Waals surface area contributed by atoms with E-state index in [2.05, 4.69) is 22.5 Å². The van der Waals surface area contributed by atoms with Gasteiger partial charge in [-0.3, -0.25) is 9.59 Å². The molecular formula is C24H27N3O4. The van der Waals surface area contributed by atoms with Crippen LogP contribution in [-0.2, 0) is 20.7 Å². The van der Waals surface area contributed by atoms with Crippen LogP contribution in [0.2, 0.25) is 0 Å². The minimum atomic E-state index is -0.606. The van der Waals surface area contributed by atoms with E-state index in [1.165, 1.54) is 5.56 Å². The molecule has 1 atom stereocenters. The van der Waals surface area contributed by atoms with Crippen LogP contribution in [0.1, 0.15) is 48.5 Å². The fourth-order valence-electron chi connectivity index (χ4n) is 4.10. The lowest BCUT2D eigenvalue weighted by Gasteiger charge is -2.33. The Bertz CT molecular complexity index is 987. The normalized spacial score (nSPS) is 16.9. The molecule has 2 aliphatic heterocycles. The van der Waals surface area contributed by atoms with Crippen molar-refractivity contribution in [2.75, 3.05) is 28.7 Å². The number of hydrogen-bond donors (Lipinski definition) is 2. The first kappa shape index (κ1) is 20.9. The number of benzene rings is 2. The molecule has 0 aromatic heterocycles. The molecular weight excluding hydrogens is 394 g/mol. The Balaban J connectivity index is 1.32. The Morgan fingerprint density at radius 2 is 2.00 bits per heavy atom. The molecule has 2 aromatic carbocycles. The minimum absolute atomic E-state index is 0.0457. The number of rotatable bonds is 7. The number of unbranched alkanes of at least 4 members (excludes halogenated alkanes) is 1. The van der Waals surface area contributed by atoms with Crippen molar-refractivity contribution in [3.63, 3.8) is 0 Å². The number of nitrogens with one attached hydrogen (secondary N) is 2. The molecule has 0 bridgehead atoms. The third-order valence-corrected chi connectivity index (χ3v) is 5.75. The molecule has 2 N–H and O–H groups in total. The highest BCUT2D eigenvalue weighted by atomic mass is 16.5. The summed E-state index contributed by atoms with van der Waals surface area (Å²) in [6.07, 6.45) is 5.09. The molecule has 4 rings (SSSR count). The average molecular weight is 421 g/mol. The fraction of sp³-hybridized carbons (Fsp3) is 0.375. The van der Waals surface area contributed by atoms with Gasteiger partial charge in [0.25, 0.3) is 5.91 Å². The molecule has 2 aromatic rings. The summed E-state index contributed by atoms with van der Waals surface area (Å²) >= 11 is 0. The molecule has 2 amide bonds. The maximum atomic E-state index is 12.4. The summed E-state index contributed by atoms with van der Waals surface area (Å²) in [5, 5.41) is 5.61. The number of aryl methyl sites for hydroxylation is 1. The molecule has 0 saturated carbocycles. The average Bonchev–Trinajstić information content (AvgIpc) is 3.28. The maximum Gasteiger partial charge on any atom is 0.338 e. The van der Waals surface area contributed by atoms with Crippen LogP contribution in [0.15, 0.2) is 42.5 Å². The van der Waals surface area contributed by atoms with Crippen molar-refractivity contribution >= 4 is 34.8 Å². The quantitative estimate of drug-likeness (QED) is 0.665. The number of carbonyl (C=O) groups is 3. The van der Waals surface area contributed by atoms with Gasteiger partial charge in [-0.15, -0.1) is 0 Å². The van der Waals surface area contributed by atoms with E-state index in [4.69, 9.17) is 4.74 Å². The molecule has 7 heteroatoms. The van der Waals surface area contributed by atoms with Gasteiger partial charge >= 0.3 is 5.97 Å². The van der Waals surface area contributed by atoms with Gasteiger partial charge in [0, 0.05) is 12.2 Å². The second kappa shape index (κ2) is 9.20.